The van der Waals surface area contributed by atoms with Crippen LogP contribution in [0.25, 0.3) is 0 Å². The highest BCUT2D eigenvalue weighted by atomic mass is 32.2. The molecule has 1 atom stereocenters. The summed E-state index contributed by atoms with van der Waals surface area (Å²) in [7, 11) is -4.06. The first-order valence-electron chi connectivity index (χ1n) is 8.80. The summed E-state index contributed by atoms with van der Waals surface area (Å²) >= 11 is 0. The van der Waals surface area contributed by atoms with E-state index in [2.05, 4.69) is 10.6 Å². The molecule has 2 rings (SSSR count). The smallest absolute Gasteiger partial charge is 0.269 e. The number of nitrogens with zero attached hydrogens (tertiary/aromatic N) is 1. The number of rotatable bonds is 8. The number of nitro benzene ring substituents is 1. The molecule has 0 spiro atoms. The Balaban J connectivity index is 2.00. The summed E-state index contributed by atoms with van der Waals surface area (Å²) in [5.74, 6) is -1.33. The normalized spacial score (nSPS) is 12.1. The van der Waals surface area contributed by atoms with Crippen molar-refractivity contribution in [2.45, 2.75) is 30.4 Å². The molecule has 0 aromatic heterocycles. The number of benzene rings is 2. The molecule has 0 heterocycles. The number of hydrogen-bond acceptors (Lipinski definition) is 6. The third kappa shape index (κ3) is 5.38. The van der Waals surface area contributed by atoms with Crippen molar-refractivity contribution in [3.05, 3.63) is 64.2 Å². The minimum Gasteiger partial charge on any atom is -0.346 e. The van der Waals surface area contributed by atoms with Crippen molar-refractivity contribution in [3.63, 3.8) is 0 Å². The summed E-state index contributed by atoms with van der Waals surface area (Å²) < 4.78 is 25.1. The molecule has 0 fully saturated rings. The average molecular weight is 419 g/mol. The molecule has 0 aliphatic rings. The Labute approximate surface area is 168 Å². The quantitative estimate of drug-likeness (QED) is 0.497. The first kappa shape index (κ1) is 22.0. The monoisotopic (exact) mass is 419 g/mol. The fourth-order valence-electron chi connectivity index (χ4n) is 2.56. The predicted molar refractivity (Wildman–Crippen MR) is 107 cm³/mol. The molecule has 2 amide bonds. The lowest BCUT2D eigenvalue weighted by molar-refractivity contribution is -0.384. The Hall–Kier alpha value is -3.27. The molecule has 10 heteroatoms. The molecule has 0 aliphatic heterocycles. The van der Waals surface area contributed by atoms with Gasteiger partial charge in [0.05, 0.1) is 16.4 Å². The lowest BCUT2D eigenvalue weighted by atomic mass is 10.1. The number of para-hydroxylation sites is 1. The van der Waals surface area contributed by atoms with E-state index in [1.165, 1.54) is 6.92 Å². The zero-order valence-electron chi connectivity index (χ0n) is 15.9. The molecule has 0 saturated heterocycles. The van der Waals surface area contributed by atoms with Crippen molar-refractivity contribution >= 4 is 33.0 Å². The standard InChI is InChI=1S/C19H21N3O6S/c1-3-14-6-4-5-7-17(14)21-18(23)12-20-19(24)13(2)29(27,28)16-10-8-15(9-11-16)22(25)26/h4-11,13H,3,12H2,1-2H3,(H,20,24)(H,21,23)/t13-/m1/s1. The topological polar surface area (TPSA) is 135 Å². The molecule has 2 aromatic rings. The van der Waals surface area contributed by atoms with Gasteiger partial charge in [0.2, 0.25) is 11.8 Å². The maximum Gasteiger partial charge on any atom is 0.269 e. The number of anilines is 1. The number of sulfone groups is 1. The van der Waals surface area contributed by atoms with Gasteiger partial charge in [-0.2, -0.15) is 0 Å². The summed E-state index contributed by atoms with van der Waals surface area (Å²) in [5.41, 5.74) is 1.30. The van der Waals surface area contributed by atoms with Gasteiger partial charge in [0.1, 0.15) is 5.25 Å². The van der Waals surface area contributed by atoms with Crippen LogP contribution in [0.2, 0.25) is 0 Å². The zero-order chi connectivity index (χ0) is 21.6. The minimum absolute atomic E-state index is 0.216. The van der Waals surface area contributed by atoms with E-state index < -0.39 is 38.4 Å². The van der Waals surface area contributed by atoms with Crippen molar-refractivity contribution in [1.29, 1.82) is 0 Å². The van der Waals surface area contributed by atoms with Crippen LogP contribution >= 0.6 is 0 Å². The summed E-state index contributed by atoms with van der Waals surface area (Å²) in [6.45, 7) is 2.74. The summed E-state index contributed by atoms with van der Waals surface area (Å²) in [5, 5.41) is 14.2. The van der Waals surface area contributed by atoms with Gasteiger partial charge in [0, 0.05) is 17.8 Å². The van der Waals surface area contributed by atoms with Gasteiger partial charge in [-0.1, -0.05) is 25.1 Å². The second-order valence-corrected chi connectivity index (χ2v) is 8.48. The second kappa shape index (κ2) is 9.28. The molecule has 154 valence electrons. The second-order valence-electron chi connectivity index (χ2n) is 6.21. The fraction of sp³-hybridized carbons (Fsp3) is 0.263. The van der Waals surface area contributed by atoms with Crippen LogP contribution in [0.4, 0.5) is 11.4 Å². The van der Waals surface area contributed by atoms with Crippen LogP contribution in [0.3, 0.4) is 0 Å². The Kier molecular flexibility index (Phi) is 7.05. The van der Waals surface area contributed by atoms with Gasteiger partial charge in [-0.3, -0.25) is 19.7 Å². The van der Waals surface area contributed by atoms with E-state index in [-0.39, 0.29) is 10.6 Å². The molecule has 0 unspecified atom stereocenters. The summed E-state index contributed by atoms with van der Waals surface area (Å²) in [4.78, 5) is 34.1. The zero-order valence-corrected chi connectivity index (χ0v) is 16.7. The molecule has 0 aliphatic carbocycles. The van der Waals surface area contributed by atoms with Crippen LogP contribution in [0.15, 0.2) is 53.4 Å². The molecule has 0 radical (unpaired) electrons. The fourth-order valence-corrected chi connectivity index (χ4v) is 3.85. The maximum atomic E-state index is 12.5. The van der Waals surface area contributed by atoms with Crippen LogP contribution < -0.4 is 10.6 Å². The highest BCUT2D eigenvalue weighted by Gasteiger charge is 2.30. The summed E-state index contributed by atoms with van der Waals surface area (Å²) in [6, 6.07) is 11.5. The van der Waals surface area contributed by atoms with Crippen LogP contribution in [0, 0.1) is 10.1 Å². The van der Waals surface area contributed by atoms with E-state index in [1.54, 1.807) is 12.1 Å². The Morgan fingerprint density at radius 1 is 1.10 bits per heavy atom. The van der Waals surface area contributed by atoms with E-state index in [0.717, 1.165) is 29.8 Å². The first-order valence-corrected chi connectivity index (χ1v) is 10.3. The van der Waals surface area contributed by atoms with E-state index >= 15 is 0 Å². The number of non-ortho nitro benzene ring substituents is 1. The molecule has 0 bridgehead atoms. The first-order chi connectivity index (χ1) is 13.7. The van der Waals surface area contributed by atoms with Crippen LogP contribution in [0.1, 0.15) is 19.4 Å². The minimum atomic E-state index is -4.06. The van der Waals surface area contributed by atoms with Gasteiger partial charge < -0.3 is 10.6 Å². The highest BCUT2D eigenvalue weighted by molar-refractivity contribution is 7.92. The largest absolute Gasteiger partial charge is 0.346 e. The van der Waals surface area contributed by atoms with Gasteiger partial charge in [0.15, 0.2) is 9.84 Å². The Morgan fingerprint density at radius 2 is 1.72 bits per heavy atom. The third-order valence-electron chi connectivity index (χ3n) is 4.31. The lowest BCUT2D eigenvalue weighted by Gasteiger charge is -2.14. The number of nitrogens with one attached hydrogen (secondary N) is 2. The molecule has 2 aromatic carbocycles. The van der Waals surface area contributed by atoms with E-state index in [0.29, 0.717) is 12.1 Å². The van der Waals surface area contributed by atoms with E-state index in [1.807, 2.05) is 19.1 Å². The number of carbonyl (C=O) groups is 2. The number of aryl methyl sites for hydroxylation is 1. The number of hydrogen-bond donors (Lipinski definition) is 2. The van der Waals surface area contributed by atoms with Crippen LogP contribution in [-0.4, -0.2) is 37.0 Å². The maximum absolute atomic E-state index is 12.5. The van der Waals surface area contributed by atoms with Crippen molar-refractivity contribution in [1.82, 2.24) is 5.32 Å². The number of amides is 2. The van der Waals surface area contributed by atoms with Crippen molar-refractivity contribution in [2.75, 3.05) is 11.9 Å². The van der Waals surface area contributed by atoms with Crippen molar-refractivity contribution < 1.29 is 22.9 Å². The molecular formula is C19H21N3O6S. The third-order valence-corrected chi connectivity index (χ3v) is 6.38. The number of nitro groups is 1. The Morgan fingerprint density at radius 3 is 2.31 bits per heavy atom. The molecule has 29 heavy (non-hydrogen) atoms. The van der Waals surface area contributed by atoms with Gasteiger partial charge >= 0.3 is 0 Å². The van der Waals surface area contributed by atoms with E-state index in [9.17, 15) is 28.1 Å². The number of carbonyl (C=O) groups excluding carboxylic acids is 2. The predicted octanol–water partition coefficient (Wildman–Crippen LogP) is 2.07. The average Bonchev–Trinajstić information content (AvgIpc) is 2.71. The SMILES string of the molecule is CCc1ccccc1NC(=O)CNC(=O)[C@@H](C)S(=O)(=O)c1ccc([N+](=O)[O-])cc1. The van der Waals surface area contributed by atoms with Gasteiger partial charge in [-0.15, -0.1) is 0 Å². The Bertz CT molecular complexity index is 1020. The van der Waals surface area contributed by atoms with E-state index in [4.69, 9.17) is 0 Å². The van der Waals surface area contributed by atoms with Crippen molar-refractivity contribution in [3.8, 4) is 0 Å². The van der Waals surface area contributed by atoms with Gasteiger partial charge in [-0.05, 0) is 37.1 Å². The lowest BCUT2D eigenvalue weighted by Crippen LogP contribution is -2.41. The highest BCUT2D eigenvalue weighted by Crippen LogP contribution is 2.20. The van der Waals surface area contributed by atoms with Gasteiger partial charge in [0.25, 0.3) is 5.69 Å². The van der Waals surface area contributed by atoms with Gasteiger partial charge in [-0.25, -0.2) is 8.42 Å². The van der Waals surface area contributed by atoms with Crippen LogP contribution in [0.5, 0.6) is 0 Å². The molecule has 9 nitrogen and oxygen atoms in total. The van der Waals surface area contributed by atoms with Crippen LogP contribution in [-0.2, 0) is 25.8 Å². The molecule has 0 saturated carbocycles. The van der Waals surface area contributed by atoms with Crippen molar-refractivity contribution in [2.24, 2.45) is 0 Å². The molecular weight excluding hydrogens is 398 g/mol. The summed E-state index contributed by atoms with van der Waals surface area (Å²) in [6.07, 6.45) is 0.716. The molecule has 2 N–H and O–H groups in total.